The van der Waals surface area contributed by atoms with Gasteiger partial charge in [0.15, 0.2) is 17.4 Å². The van der Waals surface area contributed by atoms with Crippen molar-refractivity contribution in [3.8, 4) is 0 Å². The molecule has 0 saturated heterocycles. The first-order valence-electron chi connectivity index (χ1n) is 5.39. The predicted molar refractivity (Wildman–Crippen MR) is 76.2 cm³/mol. The molecule has 0 unspecified atom stereocenters. The molecule has 0 amide bonds. The molecule has 0 aliphatic rings. The molecule has 0 radical (unpaired) electrons. The molecule has 2 rings (SSSR count). The summed E-state index contributed by atoms with van der Waals surface area (Å²) in [6.07, 6.45) is -0.174. The van der Waals surface area contributed by atoms with Gasteiger partial charge in [-0.3, -0.25) is 4.79 Å². The van der Waals surface area contributed by atoms with Gasteiger partial charge in [-0.15, -0.1) is 0 Å². The Balaban J connectivity index is 2.28. The Morgan fingerprint density at radius 2 is 1.68 bits per heavy atom. The number of carbonyl (C=O) groups excluding carboxylic acids is 1. The van der Waals surface area contributed by atoms with Gasteiger partial charge in [-0.25, -0.2) is 8.78 Å². The number of benzene rings is 2. The monoisotopic (exact) mass is 388 g/mol. The van der Waals surface area contributed by atoms with E-state index >= 15 is 0 Å². The Morgan fingerprint density at radius 1 is 1.05 bits per heavy atom. The molecule has 2 aromatic carbocycles. The number of hydrogen-bond donors (Lipinski definition) is 0. The summed E-state index contributed by atoms with van der Waals surface area (Å²) in [5.74, 6) is -2.18. The lowest BCUT2D eigenvalue weighted by Crippen LogP contribution is -2.06. The molecular weight excluding hydrogens is 382 g/mol. The van der Waals surface area contributed by atoms with Crippen molar-refractivity contribution in [2.45, 2.75) is 6.42 Å². The number of carbonyl (C=O) groups is 1. The van der Waals surface area contributed by atoms with Crippen LogP contribution in [0.3, 0.4) is 0 Å². The van der Waals surface area contributed by atoms with Crippen LogP contribution in [0.1, 0.15) is 15.9 Å². The Labute approximate surface area is 125 Å². The topological polar surface area (TPSA) is 17.1 Å². The van der Waals surface area contributed by atoms with Crippen molar-refractivity contribution in [3.05, 3.63) is 68.1 Å². The van der Waals surface area contributed by atoms with E-state index in [9.17, 15) is 13.6 Å². The molecule has 19 heavy (non-hydrogen) atoms. The molecule has 0 aliphatic carbocycles. The molecule has 2 aromatic rings. The van der Waals surface area contributed by atoms with Gasteiger partial charge in [-0.05, 0) is 29.8 Å². The third kappa shape index (κ3) is 3.48. The van der Waals surface area contributed by atoms with Crippen LogP contribution in [-0.2, 0) is 6.42 Å². The first kappa shape index (κ1) is 14.3. The van der Waals surface area contributed by atoms with E-state index in [0.29, 0.717) is 5.56 Å². The molecule has 0 spiro atoms. The highest BCUT2D eigenvalue weighted by atomic mass is 79.9. The van der Waals surface area contributed by atoms with E-state index in [1.54, 1.807) is 18.2 Å². The van der Waals surface area contributed by atoms with Gasteiger partial charge >= 0.3 is 0 Å². The van der Waals surface area contributed by atoms with Crippen molar-refractivity contribution in [2.75, 3.05) is 0 Å². The highest BCUT2D eigenvalue weighted by molar-refractivity contribution is 9.11. The van der Waals surface area contributed by atoms with Crippen LogP contribution in [0.4, 0.5) is 8.78 Å². The first-order valence-corrected chi connectivity index (χ1v) is 6.98. The fraction of sp³-hybridized carbons (Fsp3) is 0.0714. The Bertz CT molecular complexity index is 621. The molecule has 0 aromatic heterocycles. The lowest BCUT2D eigenvalue weighted by molar-refractivity contribution is 0.0991. The predicted octanol–water partition coefficient (Wildman–Crippen LogP) is 4.92. The van der Waals surface area contributed by atoms with Crippen molar-refractivity contribution in [2.24, 2.45) is 0 Å². The highest BCUT2D eigenvalue weighted by Crippen LogP contribution is 2.22. The van der Waals surface area contributed by atoms with Crippen LogP contribution in [0, 0.1) is 11.6 Å². The summed E-state index contributed by atoms with van der Waals surface area (Å²) < 4.78 is 28.0. The van der Waals surface area contributed by atoms with Crippen molar-refractivity contribution in [1.82, 2.24) is 0 Å². The lowest BCUT2D eigenvalue weighted by atomic mass is 10.0. The second-order valence-electron chi connectivity index (χ2n) is 3.97. The molecule has 0 fully saturated rings. The normalized spacial score (nSPS) is 10.5. The summed E-state index contributed by atoms with van der Waals surface area (Å²) in [7, 11) is 0. The van der Waals surface area contributed by atoms with E-state index in [2.05, 4.69) is 31.9 Å². The summed E-state index contributed by atoms with van der Waals surface area (Å²) in [6, 6.07) is 8.90. The first-order chi connectivity index (χ1) is 8.97. The van der Waals surface area contributed by atoms with Gasteiger partial charge < -0.3 is 0 Å². The molecule has 0 bridgehead atoms. The van der Waals surface area contributed by atoms with E-state index < -0.39 is 11.6 Å². The minimum atomic E-state index is -0.968. The summed E-state index contributed by atoms with van der Waals surface area (Å²) >= 11 is 6.55. The number of hydrogen-bond acceptors (Lipinski definition) is 1. The van der Waals surface area contributed by atoms with E-state index in [4.69, 9.17) is 0 Å². The zero-order valence-electron chi connectivity index (χ0n) is 9.59. The molecule has 0 saturated carbocycles. The van der Waals surface area contributed by atoms with Crippen molar-refractivity contribution >= 4 is 37.6 Å². The Morgan fingerprint density at radius 3 is 2.32 bits per heavy atom. The number of Topliss-reactive ketones (excluding diaryl/α,β-unsaturated/α-hetero) is 1. The maximum absolute atomic E-state index is 13.5. The minimum absolute atomic E-state index is 0.0566. The molecule has 0 aliphatic heterocycles. The van der Waals surface area contributed by atoms with Gasteiger partial charge in [-0.1, -0.05) is 44.0 Å². The van der Waals surface area contributed by atoms with Crippen molar-refractivity contribution in [3.63, 3.8) is 0 Å². The van der Waals surface area contributed by atoms with Crippen LogP contribution < -0.4 is 0 Å². The largest absolute Gasteiger partial charge is 0.294 e. The van der Waals surface area contributed by atoms with E-state index in [1.165, 1.54) is 12.1 Å². The molecule has 98 valence electrons. The number of halogens is 4. The molecule has 0 heterocycles. The summed E-state index contributed by atoms with van der Waals surface area (Å²) in [5, 5.41) is 0. The van der Waals surface area contributed by atoms with E-state index in [-0.39, 0.29) is 17.8 Å². The number of rotatable bonds is 3. The third-order valence-corrected chi connectivity index (χ3v) is 3.48. The Kier molecular flexibility index (Phi) is 4.47. The summed E-state index contributed by atoms with van der Waals surface area (Å²) in [6.45, 7) is 0. The molecule has 0 atom stereocenters. The molecule has 1 nitrogen and oxygen atoms in total. The van der Waals surface area contributed by atoms with Crippen molar-refractivity contribution < 1.29 is 13.6 Å². The van der Waals surface area contributed by atoms with Crippen LogP contribution in [-0.4, -0.2) is 5.78 Å². The van der Waals surface area contributed by atoms with Gasteiger partial charge in [0.05, 0.1) is 0 Å². The molecule has 5 heteroatoms. The smallest absolute Gasteiger partial charge is 0.167 e. The second kappa shape index (κ2) is 5.92. The zero-order chi connectivity index (χ0) is 14.0. The van der Waals surface area contributed by atoms with Gasteiger partial charge in [0, 0.05) is 20.9 Å². The minimum Gasteiger partial charge on any atom is -0.294 e. The third-order valence-electron chi connectivity index (χ3n) is 2.57. The van der Waals surface area contributed by atoms with E-state index in [1.807, 2.05) is 0 Å². The van der Waals surface area contributed by atoms with Crippen LogP contribution in [0.2, 0.25) is 0 Å². The second-order valence-corrected chi connectivity index (χ2v) is 5.80. The maximum atomic E-state index is 13.5. The Hall–Kier alpha value is -1.07. The molecule has 0 N–H and O–H groups in total. The van der Waals surface area contributed by atoms with Gasteiger partial charge in [0.25, 0.3) is 0 Å². The highest BCUT2D eigenvalue weighted by Gasteiger charge is 2.14. The fourth-order valence-electron chi connectivity index (χ4n) is 1.67. The SMILES string of the molecule is O=C(Cc1cccc(F)c1F)c1cc(Br)cc(Br)c1. The average Bonchev–Trinajstić information content (AvgIpc) is 2.33. The van der Waals surface area contributed by atoms with Gasteiger partial charge in [-0.2, -0.15) is 0 Å². The van der Waals surface area contributed by atoms with Crippen LogP contribution >= 0.6 is 31.9 Å². The summed E-state index contributed by atoms with van der Waals surface area (Å²) in [5.41, 5.74) is 0.492. The quantitative estimate of drug-likeness (QED) is 0.681. The van der Waals surface area contributed by atoms with E-state index in [0.717, 1.165) is 15.0 Å². The van der Waals surface area contributed by atoms with Crippen molar-refractivity contribution in [1.29, 1.82) is 0 Å². The standard InChI is InChI=1S/C14H8Br2F2O/c15-10-4-9(5-11(16)7-10)13(19)6-8-2-1-3-12(17)14(8)18/h1-5,7H,6H2. The van der Waals surface area contributed by atoms with Crippen LogP contribution in [0.25, 0.3) is 0 Å². The number of ketones is 1. The molecular formula is C14H8Br2F2O. The fourth-order valence-corrected chi connectivity index (χ4v) is 2.97. The van der Waals surface area contributed by atoms with Crippen LogP contribution in [0.15, 0.2) is 45.3 Å². The zero-order valence-corrected chi connectivity index (χ0v) is 12.8. The summed E-state index contributed by atoms with van der Waals surface area (Å²) in [4.78, 5) is 12.1. The van der Waals surface area contributed by atoms with Crippen LogP contribution in [0.5, 0.6) is 0 Å². The van der Waals surface area contributed by atoms with Gasteiger partial charge in [0.1, 0.15) is 0 Å². The maximum Gasteiger partial charge on any atom is 0.167 e. The average molecular weight is 390 g/mol. The van der Waals surface area contributed by atoms with Gasteiger partial charge in [0.2, 0.25) is 0 Å². The lowest BCUT2D eigenvalue weighted by Gasteiger charge is -2.05.